The van der Waals surface area contributed by atoms with Crippen molar-refractivity contribution in [3.63, 3.8) is 0 Å². The third kappa shape index (κ3) is 3.37. The Bertz CT molecular complexity index is 671. The minimum Gasteiger partial charge on any atom is -0.399 e. The zero-order valence-corrected chi connectivity index (χ0v) is 12.1. The van der Waals surface area contributed by atoms with Crippen LogP contribution in [0, 0.1) is 0 Å². The zero-order valence-electron chi connectivity index (χ0n) is 10.5. The summed E-state index contributed by atoms with van der Waals surface area (Å²) in [6.45, 7) is 0. The van der Waals surface area contributed by atoms with Gasteiger partial charge in [-0.2, -0.15) is 0 Å². The Hall–Kier alpha value is -1.85. The molecule has 0 aromatic heterocycles. The third-order valence-corrected chi connectivity index (χ3v) is 4.60. The van der Waals surface area contributed by atoms with Crippen LogP contribution >= 0.6 is 11.6 Å². The van der Waals surface area contributed by atoms with E-state index in [1.54, 1.807) is 42.5 Å². The zero-order chi connectivity index (χ0) is 14.7. The predicted molar refractivity (Wildman–Crippen MR) is 80.9 cm³/mol. The molecule has 6 heteroatoms. The number of hydrogen-bond acceptors (Lipinski definition) is 3. The van der Waals surface area contributed by atoms with Crippen molar-refractivity contribution in [2.75, 3.05) is 5.73 Å². The highest BCUT2D eigenvalue weighted by molar-refractivity contribution is 7.84. The van der Waals surface area contributed by atoms with E-state index in [4.69, 9.17) is 23.1 Å². The van der Waals surface area contributed by atoms with Crippen molar-refractivity contribution in [1.29, 1.82) is 0 Å². The van der Waals surface area contributed by atoms with E-state index in [9.17, 15) is 9.00 Å². The van der Waals surface area contributed by atoms with Gasteiger partial charge in [0, 0.05) is 11.3 Å². The summed E-state index contributed by atoms with van der Waals surface area (Å²) in [6.07, 6.45) is 0. The number of hydrogen-bond donors (Lipinski definition) is 2. The lowest BCUT2D eigenvalue weighted by Gasteiger charge is -2.06. The summed E-state index contributed by atoms with van der Waals surface area (Å²) in [6, 6.07) is 11.6. The first-order chi connectivity index (χ1) is 9.47. The molecule has 0 saturated carbocycles. The van der Waals surface area contributed by atoms with Crippen LogP contribution in [0.5, 0.6) is 0 Å². The van der Waals surface area contributed by atoms with Crippen LogP contribution in [0.15, 0.2) is 47.4 Å². The summed E-state index contributed by atoms with van der Waals surface area (Å²) < 4.78 is 12.3. The molecule has 0 aliphatic rings. The van der Waals surface area contributed by atoms with Crippen LogP contribution in [0.3, 0.4) is 0 Å². The van der Waals surface area contributed by atoms with Crippen molar-refractivity contribution < 1.29 is 9.00 Å². The van der Waals surface area contributed by atoms with Crippen LogP contribution in [0.2, 0.25) is 5.02 Å². The number of rotatable bonds is 4. The van der Waals surface area contributed by atoms with Gasteiger partial charge in [0.1, 0.15) is 0 Å². The molecular weight excluding hydrogens is 296 g/mol. The van der Waals surface area contributed by atoms with Gasteiger partial charge in [-0.3, -0.25) is 9.00 Å². The van der Waals surface area contributed by atoms with Crippen molar-refractivity contribution in [1.82, 2.24) is 0 Å². The molecule has 0 aliphatic heterocycles. The van der Waals surface area contributed by atoms with Crippen molar-refractivity contribution >= 4 is 34.0 Å². The summed E-state index contributed by atoms with van der Waals surface area (Å²) >= 11 is 6.02. The lowest BCUT2D eigenvalue weighted by molar-refractivity contribution is 0.100. The van der Waals surface area contributed by atoms with Gasteiger partial charge in [0.2, 0.25) is 5.91 Å². The molecule has 0 spiro atoms. The highest BCUT2D eigenvalue weighted by Gasteiger charge is 2.10. The predicted octanol–water partition coefficient (Wildman–Crippen LogP) is 2.33. The van der Waals surface area contributed by atoms with Crippen molar-refractivity contribution in [3.8, 4) is 0 Å². The molecule has 0 aliphatic carbocycles. The van der Waals surface area contributed by atoms with Crippen molar-refractivity contribution in [2.24, 2.45) is 5.73 Å². The highest BCUT2D eigenvalue weighted by Crippen LogP contribution is 2.24. The molecule has 4 N–H and O–H groups in total. The Labute approximate surface area is 124 Å². The number of halogens is 1. The second kappa shape index (κ2) is 6.07. The Kier molecular flexibility index (Phi) is 4.42. The molecule has 1 amide bonds. The second-order valence-electron chi connectivity index (χ2n) is 4.24. The largest absolute Gasteiger partial charge is 0.399 e. The van der Waals surface area contributed by atoms with Gasteiger partial charge >= 0.3 is 0 Å². The van der Waals surface area contributed by atoms with Gasteiger partial charge in [0.15, 0.2) is 0 Å². The van der Waals surface area contributed by atoms with Gasteiger partial charge in [0.25, 0.3) is 0 Å². The quantitative estimate of drug-likeness (QED) is 0.850. The molecule has 0 heterocycles. The van der Waals surface area contributed by atoms with Crippen LogP contribution in [-0.4, -0.2) is 10.1 Å². The number of amides is 1. The first-order valence-corrected chi connectivity index (χ1v) is 7.49. The monoisotopic (exact) mass is 308 g/mol. The molecule has 20 heavy (non-hydrogen) atoms. The van der Waals surface area contributed by atoms with Crippen LogP contribution in [0.4, 0.5) is 5.69 Å². The molecule has 4 nitrogen and oxygen atoms in total. The Balaban J connectivity index is 2.17. The highest BCUT2D eigenvalue weighted by atomic mass is 35.5. The Morgan fingerprint density at radius 1 is 1.15 bits per heavy atom. The summed E-state index contributed by atoms with van der Waals surface area (Å²) in [5.41, 5.74) is 12.5. The van der Waals surface area contributed by atoms with E-state index in [-0.39, 0.29) is 0 Å². The number of nitrogen functional groups attached to an aromatic ring is 1. The number of benzene rings is 2. The van der Waals surface area contributed by atoms with Crippen LogP contribution in [0.1, 0.15) is 15.9 Å². The van der Waals surface area contributed by atoms with Crippen molar-refractivity contribution in [3.05, 3.63) is 58.6 Å². The SMILES string of the molecule is NC(=O)c1ccc(CS(=O)c2ccc(N)cc2Cl)cc1. The lowest BCUT2D eigenvalue weighted by atomic mass is 10.1. The van der Waals surface area contributed by atoms with E-state index in [0.29, 0.717) is 26.9 Å². The third-order valence-electron chi connectivity index (χ3n) is 2.74. The van der Waals surface area contributed by atoms with E-state index in [2.05, 4.69) is 0 Å². The molecule has 2 aromatic rings. The maximum Gasteiger partial charge on any atom is 0.248 e. The molecule has 0 radical (unpaired) electrons. The maximum absolute atomic E-state index is 12.3. The molecule has 2 aromatic carbocycles. The number of nitrogens with two attached hydrogens (primary N) is 2. The topological polar surface area (TPSA) is 86.2 Å². The first-order valence-electron chi connectivity index (χ1n) is 5.79. The minimum atomic E-state index is -1.28. The summed E-state index contributed by atoms with van der Waals surface area (Å²) in [5, 5.41) is 0.386. The smallest absolute Gasteiger partial charge is 0.248 e. The Morgan fingerprint density at radius 3 is 2.35 bits per heavy atom. The number of anilines is 1. The molecule has 0 fully saturated rings. The van der Waals surface area contributed by atoms with E-state index >= 15 is 0 Å². The average Bonchev–Trinajstić information content (AvgIpc) is 2.39. The molecule has 104 valence electrons. The van der Waals surface area contributed by atoms with Gasteiger partial charge in [-0.25, -0.2) is 0 Å². The molecule has 0 saturated heterocycles. The second-order valence-corrected chi connectivity index (χ2v) is 6.07. The number of carbonyl (C=O) groups excluding carboxylic acids is 1. The molecule has 1 atom stereocenters. The summed E-state index contributed by atoms with van der Waals surface area (Å²) in [5.74, 6) is -0.179. The van der Waals surface area contributed by atoms with Gasteiger partial charge in [-0.05, 0) is 35.9 Å². The summed E-state index contributed by atoms with van der Waals surface area (Å²) in [4.78, 5) is 11.5. The van der Waals surface area contributed by atoms with Gasteiger partial charge in [0.05, 0.1) is 26.5 Å². The standard InChI is InChI=1S/C14H13ClN2O2S/c15-12-7-11(16)5-6-13(12)20(19)8-9-1-3-10(4-2-9)14(17)18/h1-7H,8,16H2,(H2,17,18). The number of primary amides is 1. The maximum atomic E-state index is 12.3. The average molecular weight is 309 g/mol. The fraction of sp³-hybridized carbons (Fsp3) is 0.0714. The van der Waals surface area contributed by atoms with Gasteiger partial charge in [-0.1, -0.05) is 23.7 Å². The minimum absolute atomic E-state index is 0.308. The van der Waals surface area contributed by atoms with Gasteiger partial charge < -0.3 is 11.5 Å². The van der Waals surface area contributed by atoms with E-state index in [1.807, 2.05) is 0 Å². The molecule has 2 rings (SSSR count). The van der Waals surface area contributed by atoms with E-state index < -0.39 is 16.7 Å². The van der Waals surface area contributed by atoms with E-state index in [0.717, 1.165) is 5.56 Å². The number of carbonyl (C=O) groups is 1. The molecule has 0 bridgehead atoms. The van der Waals surface area contributed by atoms with E-state index in [1.165, 1.54) is 0 Å². The van der Waals surface area contributed by atoms with Crippen molar-refractivity contribution in [2.45, 2.75) is 10.6 Å². The van der Waals surface area contributed by atoms with Crippen LogP contribution in [0.25, 0.3) is 0 Å². The molecule has 1 unspecified atom stereocenters. The lowest BCUT2D eigenvalue weighted by Crippen LogP contribution is -2.10. The van der Waals surface area contributed by atoms with Gasteiger partial charge in [-0.15, -0.1) is 0 Å². The first kappa shape index (κ1) is 14.6. The Morgan fingerprint density at radius 2 is 1.80 bits per heavy atom. The summed E-state index contributed by atoms with van der Waals surface area (Å²) in [7, 11) is -1.28. The van der Waals surface area contributed by atoms with Crippen LogP contribution in [-0.2, 0) is 16.6 Å². The fourth-order valence-electron chi connectivity index (χ4n) is 1.70. The fourth-order valence-corrected chi connectivity index (χ4v) is 3.29. The van der Waals surface area contributed by atoms with Crippen LogP contribution < -0.4 is 11.5 Å². The molecular formula is C14H13ClN2O2S. The normalized spacial score (nSPS) is 12.1.